The molecular formula is C50H56N12O6. The van der Waals surface area contributed by atoms with Gasteiger partial charge in [-0.15, -0.1) is 0 Å². The van der Waals surface area contributed by atoms with Gasteiger partial charge >= 0.3 is 6.03 Å². The average molecular weight is 921 g/mol. The Hall–Kier alpha value is -6.92. The normalized spacial score (nSPS) is 22.5. The summed E-state index contributed by atoms with van der Waals surface area (Å²) < 4.78 is 8.10. The van der Waals surface area contributed by atoms with Gasteiger partial charge in [-0.25, -0.2) is 19.4 Å². The number of piperazine rings is 1. The third-order valence-electron chi connectivity index (χ3n) is 15.0. The zero-order chi connectivity index (χ0) is 46.5. The van der Waals surface area contributed by atoms with E-state index in [0.717, 1.165) is 148 Å². The number of para-hydroxylation sites is 1. The van der Waals surface area contributed by atoms with Gasteiger partial charge in [-0.3, -0.25) is 39.2 Å². The highest BCUT2D eigenvalue weighted by Gasteiger charge is 2.45. The van der Waals surface area contributed by atoms with Crippen LogP contribution in [0.4, 0.5) is 16.3 Å². The van der Waals surface area contributed by atoms with Crippen molar-refractivity contribution in [2.75, 3.05) is 76.1 Å². The Kier molecular flexibility index (Phi) is 11.7. The van der Waals surface area contributed by atoms with Gasteiger partial charge in [0.15, 0.2) is 5.65 Å². The summed E-state index contributed by atoms with van der Waals surface area (Å²) >= 11 is 0. The number of benzene rings is 3. The number of nitrogens with two attached hydrogens (primary N) is 1. The van der Waals surface area contributed by atoms with Crippen LogP contribution in [0, 0.1) is 0 Å². The lowest BCUT2D eigenvalue weighted by Crippen LogP contribution is -2.56. The molecule has 18 nitrogen and oxygen atoms in total. The molecule has 2 aromatic heterocycles. The van der Waals surface area contributed by atoms with E-state index in [1.54, 1.807) is 12.1 Å². The molecule has 352 valence electrons. The number of fused-ring (bicyclic) bond motifs is 2. The van der Waals surface area contributed by atoms with E-state index < -0.39 is 29.7 Å². The lowest BCUT2D eigenvalue weighted by atomic mass is 9.98. The predicted octanol–water partition coefficient (Wildman–Crippen LogP) is 4.78. The molecule has 2 atom stereocenters. The topological polar surface area (TPSA) is 196 Å². The molecule has 6 aliphatic rings. The number of rotatable bonds is 8. The Morgan fingerprint density at radius 1 is 0.676 bits per heavy atom. The predicted molar refractivity (Wildman–Crippen MR) is 253 cm³/mol. The van der Waals surface area contributed by atoms with Gasteiger partial charge in [-0.1, -0.05) is 18.2 Å². The molecule has 0 spiro atoms. The van der Waals surface area contributed by atoms with Gasteiger partial charge < -0.3 is 25.2 Å². The van der Waals surface area contributed by atoms with Gasteiger partial charge in [0.2, 0.25) is 11.8 Å². The number of piperidine rings is 4. The Morgan fingerprint density at radius 3 is 2.06 bits per heavy atom. The fraction of sp³-hybridized carbons (Fsp3) is 0.440. The van der Waals surface area contributed by atoms with Crippen LogP contribution in [0.1, 0.15) is 78.1 Å². The van der Waals surface area contributed by atoms with E-state index in [2.05, 4.69) is 34.6 Å². The number of hydrogen-bond acceptors (Lipinski definition) is 13. The number of hydrogen-bond donors (Lipinski definition) is 2. The molecule has 3 aromatic carbocycles. The monoisotopic (exact) mass is 920 g/mol. The van der Waals surface area contributed by atoms with Gasteiger partial charge in [-0.05, 0) is 106 Å². The van der Waals surface area contributed by atoms with Crippen LogP contribution in [0.2, 0.25) is 0 Å². The van der Waals surface area contributed by atoms with Gasteiger partial charge in [0.25, 0.3) is 11.8 Å². The molecule has 5 aromatic rings. The summed E-state index contributed by atoms with van der Waals surface area (Å²) in [5, 5.41) is 8.18. The Bertz CT molecular complexity index is 2740. The molecule has 5 saturated heterocycles. The van der Waals surface area contributed by atoms with Crippen molar-refractivity contribution in [3.05, 3.63) is 90.3 Å². The minimum absolute atomic E-state index is 0.0857. The summed E-state index contributed by atoms with van der Waals surface area (Å²) in [6.45, 7) is 8.08. The van der Waals surface area contributed by atoms with Crippen molar-refractivity contribution in [1.29, 1.82) is 0 Å². The quantitative estimate of drug-likeness (QED) is 0.202. The minimum Gasteiger partial charge on any atom is -0.457 e. The molecule has 6 amide bonds. The second-order valence-electron chi connectivity index (χ2n) is 18.9. The summed E-state index contributed by atoms with van der Waals surface area (Å²) in [4.78, 5) is 86.2. The van der Waals surface area contributed by atoms with Crippen molar-refractivity contribution in [1.82, 2.24) is 49.6 Å². The minimum atomic E-state index is -0.984. The molecule has 11 rings (SSSR count). The molecular weight excluding hydrogens is 865 g/mol. The van der Waals surface area contributed by atoms with E-state index in [-0.39, 0.29) is 30.5 Å². The molecule has 18 heteroatoms. The second kappa shape index (κ2) is 18.3. The maximum absolute atomic E-state index is 13.9. The highest BCUT2D eigenvalue weighted by Crippen LogP contribution is 2.37. The first-order valence-corrected chi connectivity index (χ1v) is 24.1. The zero-order valence-electron chi connectivity index (χ0n) is 38.0. The first-order chi connectivity index (χ1) is 33.2. The van der Waals surface area contributed by atoms with Crippen LogP contribution in [0.25, 0.3) is 22.3 Å². The van der Waals surface area contributed by atoms with Gasteiger partial charge in [-0.2, -0.15) is 5.10 Å². The number of carbonyl (C=O) groups is 5. The third-order valence-corrected chi connectivity index (χ3v) is 15.0. The summed E-state index contributed by atoms with van der Waals surface area (Å²) in [5.74, 6) is -0.0807. The molecule has 3 N–H and O–H groups in total. The molecule has 68 heavy (non-hydrogen) atoms. The standard InChI is InChI=1S/C50H56N12O6/c51-45-43-44(32-8-11-38(12-9-32)68-37-6-2-1-3-7-37)55-62(46(43)53-31-52-45)36-5-4-20-60(30-36)34-18-23-59(24-19-34)50(67)58-21-16-33(17-22-58)56-25-27-57(28-26-56)35-10-13-39-40(29-35)49(66)61(48(39)65)41-14-15-42(63)54-47(41)64/h1-3,6-13,29,31,33-34,36,41H,4-5,14-28,30H2,(H2,51,52,53)(H,54,63,64). The highest BCUT2D eigenvalue weighted by molar-refractivity contribution is 6.23. The Balaban J connectivity index is 0.654. The second-order valence-corrected chi connectivity index (χ2v) is 18.9. The maximum atomic E-state index is 13.9. The number of amides is 6. The molecule has 2 unspecified atom stereocenters. The van der Waals surface area contributed by atoms with Crippen molar-refractivity contribution >= 4 is 52.2 Å². The number of anilines is 2. The summed E-state index contributed by atoms with van der Waals surface area (Å²) in [5.41, 5.74) is 10.4. The number of nitrogens with zero attached hydrogens (tertiary/aromatic N) is 10. The molecule has 0 aliphatic carbocycles. The summed E-state index contributed by atoms with van der Waals surface area (Å²) in [6.07, 6.45) is 7.48. The molecule has 8 heterocycles. The van der Waals surface area contributed by atoms with E-state index in [0.29, 0.717) is 23.5 Å². The van der Waals surface area contributed by atoms with Crippen molar-refractivity contribution in [2.45, 2.75) is 75.5 Å². The number of ether oxygens (including phenoxy) is 1. The number of nitrogens with one attached hydrogen (secondary N) is 1. The van der Waals surface area contributed by atoms with Crippen molar-refractivity contribution in [3.8, 4) is 22.8 Å². The fourth-order valence-corrected chi connectivity index (χ4v) is 11.3. The maximum Gasteiger partial charge on any atom is 0.320 e. The zero-order valence-corrected chi connectivity index (χ0v) is 38.0. The van der Waals surface area contributed by atoms with Crippen molar-refractivity contribution in [2.24, 2.45) is 0 Å². The van der Waals surface area contributed by atoms with Gasteiger partial charge in [0.1, 0.15) is 35.4 Å². The number of aromatic nitrogens is 4. The molecule has 0 bridgehead atoms. The molecule has 5 fully saturated rings. The number of imide groups is 2. The van der Waals surface area contributed by atoms with Crippen LogP contribution in [0.15, 0.2) is 79.1 Å². The first kappa shape index (κ1) is 43.6. The number of nitrogen functional groups attached to an aromatic ring is 1. The van der Waals surface area contributed by atoms with E-state index >= 15 is 0 Å². The highest BCUT2D eigenvalue weighted by atomic mass is 16.5. The van der Waals surface area contributed by atoms with E-state index in [4.69, 9.17) is 20.6 Å². The first-order valence-electron chi connectivity index (χ1n) is 24.1. The fourth-order valence-electron chi connectivity index (χ4n) is 11.3. The number of urea groups is 1. The lowest BCUT2D eigenvalue weighted by molar-refractivity contribution is -0.136. The summed E-state index contributed by atoms with van der Waals surface area (Å²) in [7, 11) is 0. The van der Waals surface area contributed by atoms with Gasteiger partial charge in [0.05, 0.1) is 22.6 Å². The molecule has 0 saturated carbocycles. The van der Waals surface area contributed by atoms with Crippen molar-refractivity contribution in [3.63, 3.8) is 0 Å². The SMILES string of the molecule is Nc1ncnc2c1c(-c1ccc(Oc3ccccc3)cc1)nn2C1CCCN(C2CCN(C(=O)N3CCC(N4CCN(c5ccc6c(c5)C(=O)N(C5CCC(=O)NC5=O)C6=O)CC4)CC3)CC2)C1. The number of likely N-dealkylation sites (tertiary alicyclic amines) is 3. The van der Waals surface area contributed by atoms with Crippen LogP contribution < -0.4 is 20.7 Å². The van der Waals surface area contributed by atoms with Crippen LogP contribution in [0.3, 0.4) is 0 Å². The Morgan fingerprint density at radius 2 is 1.35 bits per heavy atom. The van der Waals surface area contributed by atoms with E-state index in [9.17, 15) is 24.0 Å². The van der Waals surface area contributed by atoms with Crippen LogP contribution in [-0.4, -0.2) is 157 Å². The van der Waals surface area contributed by atoms with Crippen molar-refractivity contribution < 1.29 is 28.7 Å². The van der Waals surface area contributed by atoms with Gasteiger partial charge in [0, 0.05) is 88.7 Å². The van der Waals surface area contributed by atoms with Crippen LogP contribution in [-0.2, 0) is 9.59 Å². The number of carbonyl (C=O) groups excluding carboxylic acids is 5. The average Bonchev–Trinajstić information content (AvgIpc) is 3.89. The molecule has 0 radical (unpaired) electrons. The third kappa shape index (κ3) is 8.29. The Labute approximate surface area is 394 Å². The lowest BCUT2D eigenvalue weighted by Gasteiger charge is -2.45. The summed E-state index contributed by atoms with van der Waals surface area (Å²) in [6, 6.07) is 23.0. The largest absolute Gasteiger partial charge is 0.457 e. The van der Waals surface area contributed by atoms with E-state index in [1.165, 1.54) is 6.33 Å². The van der Waals surface area contributed by atoms with E-state index in [1.807, 2.05) is 65.6 Å². The smallest absolute Gasteiger partial charge is 0.320 e. The van der Waals surface area contributed by atoms with Crippen LogP contribution in [0.5, 0.6) is 11.5 Å². The molecule has 6 aliphatic heterocycles. The van der Waals surface area contributed by atoms with Crippen LogP contribution >= 0.6 is 0 Å².